The highest BCUT2D eigenvalue weighted by atomic mass is 19.1. The zero-order valence-electron chi connectivity index (χ0n) is 16.7. The number of piperazine rings is 1. The second kappa shape index (κ2) is 9.72. The molecule has 1 heterocycles. The first-order valence-corrected chi connectivity index (χ1v) is 9.73. The Labute approximate surface area is 161 Å². The highest BCUT2D eigenvalue weighted by molar-refractivity contribution is 5.78. The molecule has 0 bridgehead atoms. The van der Waals surface area contributed by atoms with Crippen LogP contribution in [0.3, 0.4) is 0 Å². The molecule has 2 rings (SSSR count). The Morgan fingerprint density at radius 2 is 1.89 bits per heavy atom. The molecular formula is C21H32FN3O2+2. The summed E-state index contributed by atoms with van der Waals surface area (Å²) in [5, 5.41) is 3.04. The first-order valence-electron chi connectivity index (χ1n) is 9.73. The second-order valence-corrected chi connectivity index (χ2v) is 7.29. The van der Waals surface area contributed by atoms with Crippen LogP contribution in [0.1, 0.15) is 32.3 Å². The van der Waals surface area contributed by atoms with Gasteiger partial charge in [0.1, 0.15) is 49.8 Å². The average molecular weight is 378 g/mol. The first-order chi connectivity index (χ1) is 12.9. The molecule has 0 saturated carbocycles. The Bertz CT molecular complexity index is 674. The Balaban J connectivity index is 1.84. The molecule has 1 aromatic rings. The lowest BCUT2D eigenvalue weighted by Gasteiger charge is -2.31. The summed E-state index contributed by atoms with van der Waals surface area (Å²) in [5.41, 5.74) is 0.357. The van der Waals surface area contributed by atoms with Gasteiger partial charge in [0.2, 0.25) is 0 Å². The van der Waals surface area contributed by atoms with Crippen LogP contribution >= 0.6 is 0 Å². The molecule has 1 aliphatic rings. The van der Waals surface area contributed by atoms with Crippen LogP contribution < -0.4 is 19.9 Å². The summed E-state index contributed by atoms with van der Waals surface area (Å²) in [6.45, 7) is 8.85. The highest BCUT2D eigenvalue weighted by Crippen LogP contribution is 2.18. The van der Waals surface area contributed by atoms with Gasteiger partial charge in [0.15, 0.2) is 6.54 Å². The largest absolute Gasteiger partial charge is 0.496 e. The van der Waals surface area contributed by atoms with Crippen LogP contribution in [0.2, 0.25) is 0 Å². The molecule has 0 unspecified atom stereocenters. The normalized spacial score (nSPS) is 20.0. The standard InChI is InChI=1S/C21H30FN3O2/c1-5-21(6-2,7-3)23-20(26)16-25-12-10-24(11-13-25)15-17-14-18(22)8-9-19(17)27-4/h1,8-9,14H,6-7,10-13,15-16H2,2-4H3,(H,23,26)/p+2. The average Bonchev–Trinajstić information content (AvgIpc) is 2.68. The summed E-state index contributed by atoms with van der Waals surface area (Å²) in [4.78, 5) is 15.0. The van der Waals surface area contributed by atoms with Crippen molar-refractivity contribution in [2.45, 2.75) is 38.8 Å². The molecule has 27 heavy (non-hydrogen) atoms. The van der Waals surface area contributed by atoms with E-state index in [2.05, 4.69) is 11.2 Å². The minimum absolute atomic E-state index is 0.0156. The first kappa shape index (κ1) is 21.2. The van der Waals surface area contributed by atoms with Crippen LogP contribution in [-0.2, 0) is 11.3 Å². The van der Waals surface area contributed by atoms with Crippen molar-refractivity contribution in [3.63, 3.8) is 0 Å². The lowest BCUT2D eigenvalue weighted by atomic mass is 9.94. The lowest BCUT2D eigenvalue weighted by Crippen LogP contribution is -3.28. The molecule has 1 fully saturated rings. The summed E-state index contributed by atoms with van der Waals surface area (Å²) in [7, 11) is 1.61. The molecule has 3 N–H and O–H groups in total. The van der Waals surface area contributed by atoms with Gasteiger partial charge in [-0.15, -0.1) is 6.42 Å². The van der Waals surface area contributed by atoms with Crippen LogP contribution in [0, 0.1) is 18.2 Å². The molecule has 0 radical (unpaired) electrons. The van der Waals surface area contributed by atoms with E-state index in [0.29, 0.717) is 6.54 Å². The minimum Gasteiger partial charge on any atom is -0.496 e. The second-order valence-electron chi connectivity index (χ2n) is 7.29. The van der Waals surface area contributed by atoms with Crippen molar-refractivity contribution in [2.24, 2.45) is 0 Å². The van der Waals surface area contributed by atoms with Gasteiger partial charge in [-0.05, 0) is 31.0 Å². The Kier molecular flexibility index (Phi) is 7.64. The van der Waals surface area contributed by atoms with Crippen LogP contribution in [0.25, 0.3) is 0 Å². The zero-order valence-corrected chi connectivity index (χ0v) is 16.7. The fourth-order valence-electron chi connectivity index (χ4n) is 3.67. The van der Waals surface area contributed by atoms with Gasteiger partial charge >= 0.3 is 0 Å². The smallest absolute Gasteiger partial charge is 0.276 e. The van der Waals surface area contributed by atoms with E-state index >= 15 is 0 Å². The summed E-state index contributed by atoms with van der Waals surface area (Å²) in [5.74, 6) is 3.24. The monoisotopic (exact) mass is 377 g/mol. The number of carbonyl (C=O) groups is 1. The van der Waals surface area contributed by atoms with E-state index in [-0.39, 0.29) is 11.7 Å². The van der Waals surface area contributed by atoms with Crippen LogP contribution in [0.4, 0.5) is 4.39 Å². The van der Waals surface area contributed by atoms with E-state index in [9.17, 15) is 9.18 Å². The number of halogens is 1. The number of nitrogens with one attached hydrogen (secondary N) is 3. The third-order valence-corrected chi connectivity index (χ3v) is 5.62. The molecule has 148 valence electrons. The van der Waals surface area contributed by atoms with E-state index in [1.165, 1.54) is 15.9 Å². The third kappa shape index (κ3) is 5.69. The Hall–Kier alpha value is -2.10. The van der Waals surface area contributed by atoms with Crippen LogP contribution in [-0.4, -0.2) is 51.3 Å². The molecule has 1 aromatic carbocycles. The Morgan fingerprint density at radius 3 is 2.44 bits per heavy atom. The highest BCUT2D eigenvalue weighted by Gasteiger charge is 2.29. The molecule has 6 heteroatoms. The van der Waals surface area contributed by atoms with Gasteiger partial charge in [-0.1, -0.05) is 19.8 Å². The topological polar surface area (TPSA) is 47.2 Å². The van der Waals surface area contributed by atoms with Crippen molar-refractivity contribution in [1.29, 1.82) is 0 Å². The number of terminal acetylenes is 1. The number of carbonyl (C=O) groups excluding carboxylic acids is 1. The number of hydrogen-bond donors (Lipinski definition) is 3. The lowest BCUT2D eigenvalue weighted by molar-refractivity contribution is -1.02. The van der Waals surface area contributed by atoms with Crippen molar-refractivity contribution in [3.05, 3.63) is 29.6 Å². The van der Waals surface area contributed by atoms with Gasteiger partial charge in [-0.2, -0.15) is 0 Å². The van der Waals surface area contributed by atoms with E-state index in [1.807, 2.05) is 13.8 Å². The van der Waals surface area contributed by atoms with Crippen molar-refractivity contribution in [3.8, 4) is 18.1 Å². The maximum absolute atomic E-state index is 13.5. The summed E-state index contributed by atoms with van der Waals surface area (Å²) >= 11 is 0. The van der Waals surface area contributed by atoms with E-state index in [4.69, 9.17) is 11.2 Å². The predicted molar refractivity (Wildman–Crippen MR) is 103 cm³/mol. The van der Waals surface area contributed by atoms with Crippen molar-refractivity contribution < 1.29 is 23.7 Å². The number of methoxy groups -OCH3 is 1. The number of amides is 1. The zero-order chi connectivity index (χ0) is 19.9. The summed E-state index contributed by atoms with van der Waals surface area (Å²) < 4.78 is 18.9. The molecule has 1 saturated heterocycles. The maximum Gasteiger partial charge on any atom is 0.276 e. The number of rotatable bonds is 8. The van der Waals surface area contributed by atoms with Crippen molar-refractivity contribution in [1.82, 2.24) is 5.32 Å². The minimum atomic E-state index is -0.530. The maximum atomic E-state index is 13.5. The van der Waals surface area contributed by atoms with Gasteiger partial charge < -0.3 is 19.9 Å². The van der Waals surface area contributed by atoms with Crippen LogP contribution in [0.5, 0.6) is 5.75 Å². The number of quaternary nitrogens is 2. The van der Waals surface area contributed by atoms with Crippen LogP contribution in [0.15, 0.2) is 18.2 Å². The van der Waals surface area contributed by atoms with E-state index in [1.54, 1.807) is 19.2 Å². The molecule has 0 spiro atoms. The summed E-state index contributed by atoms with van der Waals surface area (Å²) in [6.07, 6.45) is 7.09. The number of benzene rings is 1. The fourth-order valence-corrected chi connectivity index (χ4v) is 3.67. The molecular weight excluding hydrogens is 345 g/mol. The van der Waals surface area contributed by atoms with Gasteiger partial charge in [-0.25, -0.2) is 4.39 Å². The van der Waals surface area contributed by atoms with Gasteiger partial charge in [0.25, 0.3) is 5.91 Å². The summed E-state index contributed by atoms with van der Waals surface area (Å²) in [6, 6.07) is 4.64. The fraction of sp³-hybridized carbons (Fsp3) is 0.571. The molecule has 1 amide bonds. The quantitative estimate of drug-likeness (QED) is 0.531. The molecule has 1 aliphatic heterocycles. The van der Waals surface area contributed by atoms with Gasteiger partial charge in [-0.3, -0.25) is 4.79 Å². The van der Waals surface area contributed by atoms with E-state index < -0.39 is 5.54 Å². The molecule has 0 aliphatic carbocycles. The van der Waals surface area contributed by atoms with Crippen molar-refractivity contribution in [2.75, 3.05) is 39.8 Å². The van der Waals surface area contributed by atoms with E-state index in [0.717, 1.165) is 56.9 Å². The molecule has 5 nitrogen and oxygen atoms in total. The predicted octanol–water partition coefficient (Wildman–Crippen LogP) is -0.574. The third-order valence-electron chi connectivity index (χ3n) is 5.62. The molecule has 0 atom stereocenters. The SMILES string of the molecule is C#CC(CC)(CC)NC(=O)C[NH+]1CC[NH+](Cc2cc(F)ccc2OC)CC1. The number of ether oxygens (including phenoxy) is 1. The molecule has 0 aromatic heterocycles. The Morgan fingerprint density at radius 1 is 1.26 bits per heavy atom. The van der Waals surface area contributed by atoms with Gasteiger partial charge in [0, 0.05) is 0 Å². The van der Waals surface area contributed by atoms with Crippen molar-refractivity contribution >= 4 is 5.91 Å². The van der Waals surface area contributed by atoms with Gasteiger partial charge in [0.05, 0.1) is 12.7 Å². The number of hydrogen-bond acceptors (Lipinski definition) is 2.